The molecule has 0 spiro atoms. The fourth-order valence-electron chi connectivity index (χ4n) is 7.25. The van der Waals surface area contributed by atoms with E-state index in [1.807, 2.05) is 0 Å². The minimum absolute atomic E-state index is 0.0727. The predicted molar refractivity (Wildman–Crippen MR) is 243 cm³/mol. The van der Waals surface area contributed by atoms with Crippen molar-refractivity contribution < 1.29 is 28.6 Å². The number of unbranched alkanes of at least 4 members (excludes halogenated alkanes) is 30. The van der Waals surface area contributed by atoms with E-state index in [9.17, 15) is 14.4 Å². The van der Waals surface area contributed by atoms with Gasteiger partial charge in [-0.25, -0.2) is 0 Å². The van der Waals surface area contributed by atoms with E-state index >= 15 is 0 Å². The second kappa shape index (κ2) is 46.6. The lowest BCUT2D eigenvalue weighted by Crippen LogP contribution is -2.30. The molecule has 0 N–H and O–H groups in total. The second-order valence-electron chi connectivity index (χ2n) is 16.7. The maximum Gasteiger partial charge on any atom is 0.306 e. The van der Waals surface area contributed by atoms with E-state index in [2.05, 4.69) is 45.1 Å². The molecular weight excluding hydrogens is 709 g/mol. The number of hydrogen-bond donors (Lipinski definition) is 0. The van der Waals surface area contributed by atoms with Gasteiger partial charge in [-0.15, -0.1) is 0 Å². The van der Waals surface area contributed by atoms with E-state index in [4.69, 9.17) is 14.2 Å². The first kappa shape index (κ1) is 54.9. The Balaban J connectivity index is 4.26. The lowest BCUT2D eigenvalue weighted by Gasteiger charge is -2.18. The molecule has 0 aromatic carbocycles. The highest BCUT2D eigenvalue weighted by Crippen LogP contribution is 2.16. The molecule has 0 saturated carbocycles. The van der Waals surface area contributed by atoms with Gasteiger partial charge in [0.1, 0.15) is 13.2 Å². The average Bonchev–Trinajstić information content (AvgIpc) is 3.21. The van der Waals surface area contributed by atoms with E-state index in [0.29, 0.717) is 19.3 Å². The van der Waals surface area contributed by atoms with Crippen molar-refractivity contribution in [1.29, 1.82) is 0 Å². The van der Waals surface area contributed by atoms with Gasteiger partial charge in [0, 0.05) is 19.3 Å². The number of carbonyl (C=O) groups excluding carboxylic acids is 3. The third-order valence-corrected chi connectivity index (χ3v) is 11.0. The van der Waals surface area contributed by atoms with Crippen molar-refractivity contribution in [2.75, 3.05) is 13.2 Å². The molecule has 0 bridgehead atoms. The van der Waals surface area contributed by atoms with E-state index < -0.39 is 6.10 Å². The zero-order valence-corrected chi connectivity index (χ0v) is 38.1. The molecule has 0 aliphatic heterocycles. The van der Waals surface area contributed by atoms with Crippen LogP contribution < -0.4 is 0 Å². The van der Waals surface area contributed by atoms with Crippen LogP contribution in [0.2, 0.25) is 0 Å². The molecule has 0 aliphatic carbocycles. The van der Waals surface area contributed by atoms with Crippen molar-refractivity contribution in [2.24, 2.45) is 0 Å². The van der Waals surface area contributed by atoms with Gasteiger partial charge in [-0.05, 0) is 44.9 Å². The summed E-state index contributed by atoms with van der Waals surface area (Å²) in [6.45, 7) is 6.52. The summed E-state index contributed by atoms with van der Waals surface area (Å²) in [6, 6.07) is 0. The van der Waals surface area contributed by atoms with Crippen molar-refractivity contribution in [3.8, 4) is 0 Å². The van der Waals surface area contributed by atoms with Crippen molar-refractivity contribution in [2.45, 2.75) is 271 Å². The Bertz CT molecular complexity index is 927. The van der Waals surface area contributed by atoms with Crippen LogP contribution in [0, 0.1) is 0 Å². The smallest absolute Gasteiger partial charge is 0.306 e. The summed E-state index contributed by atoms with van der Waals surface area (Å²) in [5.74, 6) is -0.880. The Labute approximate surface area is 353 Å². The fraction of sp³-hybridized carbons (Fsp3) is 0.863. The molecule has 57 heavy (non-hydrogen) atoms. The Morgan fingerprint density at radius 3 is 1.05 bits per heavy atom. The molecule has 0 saturated heterocycles. The van der Waals surface area contributed by atoms with Crippen molar-refractivity contribution >= 4 is 17.9 Å². The van der Waals surface area contributed by atoms with E-state index in [1.165, 1.54) is 135 Å². The van der Waals surface area contributed by atoms with Crippen LogP contribution in [0.3, 0.4) is 0 Å². The molecule has 0 radical (unpaired) electrons. The topological polar surface area (TPSA) is 78.9 Å². The van der Waals surface area contributed by atoms with Crippen molar-refractivity contribution in [3.05, 3.63) is 24.3 Å². The van der Waals surface area contributed by atoms with Gasteiger partial charge in [0.15, 0.2) is 6.10 Å². The van der Waals surface area contributed by atoms with Crippen LogP contribution in [-0.2, 0) is 28.6 Å². The van der Waals surface area contributed by atoms with Gasteiger partial charge >= 0.3 is 17.9 Å². The molecule has 6 heteroatoms. The molecule has 334 valence electrons. The summed E-state index contributed by atoms with van der Waals surface area (Å²) in [5.41, 5.74) is 0. The highest BCUT2D eigenvalue weighted by Gasteiger charge is 2.19. The van der Waals surface area contributed by atoms with Crippen LogP contribution in [0.1, 0.15) is 265 Å². The SMILES string of the molecule is CC/C=C\C/C=C\CCCCCCCC(=O)OC(COC(=O)CCCCCCCCCCC)COC(=O)CCCCCCCCCCCCCCCCCCCC. The first-order valence-corrected chi connectivity index (χ1v) is 24.8. The van der Waals surface area contributed by atoms with Crippen LogP contribution in [0.4, 0.5) is 0 Å². The fourth-order valence-corrected chi connectivity index (χ4v) is 7.25. The summed E-state index contributed by atoms with van der Waals surface area (Å²) in [4.78, 5) is 37.8. The Morgan fingerprint density at radius 1 is 0.368 bits per heavy atom. The summed E-state index contributed by atoms with van der Waals surface area (Å²) in [5, 5.41) is 0. The van der Waals surface area contributed by atoms with E-state index in [-0.39, 0.29) is 31.1 Å². The molecule has 0 aromatic rings. The van der Waals surface area contributed by atoms with E-state index in [0.717, 1.165) is 89.9 Å². The number of esters is 3. The number of hydrogen-bond acceptors (Lipinski definition) is 6. The summed E-state index contributed by atoms with van der Waals surface area (Å²) >= 11 is 0. The van der Waals surface area contributed by atoms with Crippen LogP contribution >= 0.6 is 0 Å². The predicted octanol–water partition coefficient (Wildman–Crippen LogP) is 16.0. The quantitative estimate of drug-likeness (QED) is 0.0264. The van der Waals surface area contributed by atoms with Gasteiger partial charge in [-0.3, -0.25) is 14.4 Å². The highest BCUT2D eigenvalue weighted by molar-refractivity contribution is 5.71. The lowest BCUT2D eigenvalue weighted by atomic mass is 10.0. The lowest BCUT2D eigenvalue weighted by molar-refractivity contribution is -0.167. The largest absolute Gasteiger partial charge is 0.462 e. The molecule has 0 fully saturated rings. The minimum Gasteiger partial charge on any atom is -0.462 e. The third kappa shape index (κ3) is 44.8. The normalized spacial score (nSPS) is 12.1. The summed E-state index contributed by atoms with van der Waals surface area (Å²) < 4.78 is 16.7. The van der Waals surface area contributed by atoms with E-state index in [1.54, 1.807) is 0 Å². The minimum atomic E-state index is -0.771. The second-order valence-corrected chi connectivity index (χ2v) is 16.7. The van der Waals surface area contributed by atoms with Crippen molar-refractivity contribution in [1.82, 2.24) is 0 Å². The first-order chi connectivity index (χ1) is 28.0. The maximum atomic E-state index is 12.7. The van der Waals surface area contributed by atoms with Crippen molar-refractivity contribution in [3.63, 3.8) is 0 Å². The molecule has 0 heterocycles. The first-order valence-electron chi connectivity index (χ1n) is 24.8. The number of carbonyl (C=O) groups is 3. The molecule has 0 aliphatic rings. The van der Waals surface area contributed by atoms with Gasteiger partial charge in [-0.1, -0.05) is 225 Å². The zero-order valence-electron chi connectivity index (χ0n) is 38.1. The van der Waals surface area contributed by atoms with Gasteiger partial charge in [0.2, 0.25) is 0 Å². The summed E-state index contributed by atoms with van der Waals surface area (Å²) in [7, 11) is 0. The number of ether oxygens (including phenoxy) is 3. The summed E-state index contributed by atoms with van der Waals surface area (Å²) in [6.07, 6.45) is 51.7. The highest BCUT2D eigenvalue weighted by atomic mass is 16.6. The molecule has 6 nitrogen and oxygen atoms in total. The standard InChI is InChI=1S/C51H94O6/c1-4-7-10-13-16-19-21-23-24-25-26-27-28-30-32-35-38-41-44-50(53)56-47-48(46-55-49(52)43-40-37-34-31-18-15-12-9-6-3)57-51(54)45-42-39-36-33-29-22-20-17-14-11-8-5-2/h8,11,17,20,48H,4-7,9-10,12-16,18-19,21-47H2,1-3H3/b11-8-,20-17-. The van der Waals surface area contributed by atoms with Crippen LogP contribution in [-0.4, -0.2) is 37.2 Å². The Hall–Kier alpha value is -2.11. The molecule has 0 aromatic heterocycles. The molecule has 1 atom stereocenters. The maximum absolute atomic E-state index is 12.7. The van der Waals surface area contributed by atoms with Gasteiger partial charge in [0.05, 0.1) is 0 Å². The van der Waals surface area contributed by atoms with Gasteiger partial charge in [-0.2, -0.15) is 0 Å². The van der Waals surface area contributed by atoms with Gasteiger partial charge in [0.25, 0.3) is 0 Å². The number of rotatable bonds is 45. The van der Waals surface area contributed by atoms with Crippen LogP contribution in [0.5, 0.6) is 0 Å². The average molecular weight is 803 g/mol. The Kier molecular flexibility index (Phi) is 44.9. The molecule has 0 amide bonds. The molecule has 1 unspecified atom stereocenters. The van der Waals surface area contributed by atoms with Crippen LogP contribution in [0.25, 0.3) is 0 Å². The molecule has 0 rings (SSSR count). The Morgan fingerprint density at radius 2 is 0.684 bits per heavy atom. The third-order valence-electron chi connectivity index (χ3n) is 11.0. The number of allylic oxidation sites excluding steroid dienone is 4. The zero-order chi connectivity index (χ0) is 41.5. The van der Waals surface area contributed by atoms with Gasteiger partial charge < -0.3 is 14.2 Å². The monoisotopic (exact) mass is 803 g/mol. The molecular formula is C51H94O6. The van der Waals surface area contributed by atoms with Crippen LogP contribution in [0.15, 0.2) is 24.3 Å².